The van der Waals surface area contributed by atoms with E-state index in [-0.39, 0.29) is 11.4 Å². The van der Waals surface area contributed by atoms with E-state index in [2.05, 4.69) is 4.98 Å². The Morgan fingerprint density at radius 3 is 2.85 bits per heavy atom. The molecular weight excluding hydrogens is 282 g/mol. The summed E-state index contributed by atoms with van der Waals surface area (Å²) in [5.41, 5.74) is 0.771. The lowest BCUT2D eigenvalue weighted by molar-refractivity contribution is 0.0586. The number of aryl methyl sites for hydroxylation is 1. The summed E-state index contributed by atoms with van der Waals surface area (Å²) in [7, 11) is 2.88. The van der Waals surface area contributed by atoms with Crippen LogP contribution in [0.5, 0.6) is 0 Å². The zero-order valence-corrected chi connectivity index (χ0v) is 11.5. The van der Waals surface area contributed by atoms with Crippen molar-refractivity contribution in [2.75, 3.05) is 7.11 Å². The van der Waals surface area contributed by atoms with E-state index < -0.39 is 5.97 Å². The molecule has 0 atom stereocenters. The van der Waals surface area contributed by atoms with Crippen molar-refractivity contribution < 1.29 is 9.53 Å². The normalized spacial score (nSPS) is 11.2. The summed E-state index contributed by atoms with van der Waals surface area (Å²) in [4.78, 5) is 28.2. The third kappa shape index (κ3) is 1.55. The van der Waals surface area contributed by atoms with Crippen LogP contribution in [-0.2, 0) is 11.8 Å². The second-order valence-corrected chi connectivity index (χ2v) is 4.67. The number of fused-ring (bicyclic) bond motifs is 3. The van der Waals surface area contributed by atoms with Crippen LogP contribution in [0.4, 0.5) is 0 Å². The Bertz CT molecular complexity index is 910. The van der Waals surface area contributed by atoms with Gasteiger partial charge in [-0.3, -0.25) is 13.8 Å². The molecule has 3 aromatic rings. The van der Waals surface area contributed by atoms with E-state index in [4.69, 9.17) is 16.3 Å². The summed E-state index contributed by atoms with van der Waals surface area (Å²) in [5.74, 6) is -0.477. The number of esters is 1. The van der Waals surface area contributed by atoms with Crippen LogP contribution in [0, 0.1) is 0 Å². The van der Waals surface area contributed by atoms with Gasteiger partial charge >= 0.3 is 5.97 Å². The molecule has 7 heteroatoms. The van der Waals surface area contributed by atoms with Crippen LogP contribution < -0.4 is 5.56 Å². The maximum absolute atomic E-state index is 12.3. The monoisotopic (exact) mass is 291 g/mol. The zero-order valence-electron chi connectivity index (χ0n) is 10.8. The molecule has 20 heavy (non-hydrogen) atoms. The van der Waals surface area contributed by atoms with Gasteiger partial charge in [0.1, 0.15) is 5.65 Å². The lowest BCUT2D eigenvalue weighted by Gasteiger charge is -2.09. The van der Waals surface area contributed by atoms with Gasteiger partial charge in [0.05, 0.1) is 29.2 Å². The van der Waals surface area contributed by atoms with Crippen LogP contribution in [0.1, 0.15) is 10.6 Å². The molecule has 0 fully saturated rings. The largest absolute Gasteiger partial charge is 0.463 e. The number of hydrogen-bond acceptors (Lipinski definition) is 4. The first-order chi connectivity index (χ1) is 9.56. The number of ether oxygens (including phenoxy) is 1. The predicted molar refractivity (Wildman–Crippen MR) is 74.3 cm³/mol. The van der Waals surface area contributed by atoms with E-state index in [1.54, 1.807) is 29.6 Å². The molecule has 0 radical (unpaired) electrons. The highest BCUT2D eigenvalue weighted by atomic mass is 35.5. The van der Waals surface area contributed by atoms with Gasteiger partial charge in [-0.25, -0.2) is 9.78 Å². The van der Waals surface area contributed by atoms with Crippen molar-refractivity contribution in [3.8, 4) is 0 Å². The quantitative estimate of drug-likeness (QED) is 0.639. The molecule has 0 bridgehead atoms. The number of carbonyl (C=O) groups excluding carboxylic acids is 1. The molecular formula is C13H10ClN3O3. The predicted octanol–water partition coefficient (Wildman–Crippen LogP) is 1.63. The molecule has 0 amide bonds. The Hall–Kier alpha value is -2.34. The van der Waals surface area contributed by atoms with Gasteiger partial charge in [0, 0.05) is 7.05 Å². The van der Waals surface area contributed by atoms with Crippen LogP contribution in [0.2, 0.25) is 5.02 Å². The Morgan fingerprint density at radius 1 is 1.40 bits per heavy atom. The summed E-state index contributed by atoms with van der Waals surface area (Å²) < 4.78 is 7.67. The summed E-state index contributed by atoms with van der Waals surface area (Å²) in [6.45, 7) is 0. The smallest absolute Gasteiger partial charge is 0.374 e. The fourth-order valence-corrected chi connectivity index (χ4v) is 2.49. The lowest BCUT2D eigenvalue weighted by Crippen LogP contribution is -2.21. The third-order valence-electron chi connectivity index (χ3n) is 3.21. The first-order valence-electron chi connectivity index (χ1n) is 5.79. The lowest BCUT2D eigenvalue weighted by atomic mass is 10.2. The molecule has 2 aromatic heterocycles. The standard InChI is InChI=1S/C13H10ClN3O3/c1-16-9-6-15-11(13(19)20-2)17(9)8-5-3-4-7(14)10(8)12(16)18/h3-6H,1-2H3. The fourth-order valence-electron chi connectivity index (χ4n) is 2.23. The Kier molecular flexibility index (Phi) is 2.76. The van der Waals surface area contributed by atoms with E-state index in [0.29, 0.717) is 21.6 Å². The number of hydrogen-bond donors (Lipinski definition) is 0. The second-order valence-electron chi connectivity index (χ2n) is 4.27. The van der Waals surface area contributed by atoms with E-state index in [0.717, 1.165) is 0 Å². The summed E-state index contributed by atoms with van der Waals surface area (Å²) in [5, 5.41) is 0.668. The minimum Gasteiger partial charge on any atom is -0.463 e. The number of imidazole rings is 1. The van der Waals surface area contributed by atoms with E-state index >= 15 is 0 Å². The van der Waals surface area contributed by atoms with E-state index in [9.17, 15) is 9.59 Å². The number of carbonyl (C=O) groups is 1. The van der Waals surface area contributed by atoms with Gasteiger partial charge in [-0.05, 0) is 12.1 Å². The topological polar surface area (TPSA) is 65.6 Å². The highest BCUT2D eigenvalue weighted by molar-refractivity contribution is 6.35. The van der Waals surface area contributed by atoms with Crippen molar-refractivity contribution in [3.63, 3.8) is 0 Å². The van der Waals surface area contributed by atoms with Crippen molar-refractivity contribution in [1.82, 2.24) is 14.0 Å². The maximum Gasteiger partial charge on any atom is 0.374 e. The number of benzene rings is 1. The van der Waals surface area contributed by atoms with Crippen LogP contribution in [0.25, 0.3) is 16.6 Å². The van der Waals surface area contributed by atoms with Gasteiger partial charge in [-0.15, -0.1) is 0 Å². The highest BCUT2D eigenvalue weighted by Gasteiger charge is 2.19. The molecule has 2 heterocycles. The molecule has 0 unspecified atom stereocenters. The molecule has 102 valence electrons. The number of rotatable bonds is 1. The van der Waals surface area contributed by atoms with Gasteiger partial charge in [0.15, 0.2) is 0 Å². The minimum absolute atomic E-state index is 0.102. The summed E-state index contributed by atoms with van der Waals surface area (Å²) >= 11 is 6.10. The Balaban J connectivity index is 2.63. The SMILES string of the molecule is COC(=O)c1ncc2n(C)c(=O)c3c(Cl)cccc3n12. The van der Waals surface area contributed by atoms with Crippen LogP contribution in [0.3, 0.4) is 0 Å². The Labute approximate surface area is 118 Å². The number of methoxy groups -OCH3 is 1. The van der Waals surface area contributed by atoms with Crippen molar-refractivity contribution in [2.24, 2.45) is 7.05 Å². The first-order valence-corrected chi connectivity index (χ1v) is 6.17. The van der Waals surface area contributed by atoms with Gasteiger partial charge in [-0.2, -0.15) is 0 Å². The number of nitrogens with zero attached hydrogens (tertiary/aromatic N) is 3. The van der Waals surface area contributed by atoms with Gasteiger partial charge < -0.3 is 4.74 Å². The molecule has 0 spiro atoms. The molecule has 0 aliphatic rings. The van der Waals surface area contributed by atoms with Gasteiger partial charge in [0.25, 0.3) is 5.56 Å². The zero-order chi connectivity index (χ0) is 14.4. The molecule has 1 aromatic carbocycles. The fraction of sp³-hybridized carbons (Fsp3) is 0.154. The molecule has 0 aliphatic carbocycles. The molecule has 0 saturated carbocycles. The van der Waals surface area contributed by atoms with Gasteiger partial charge in [-0.1, -0.05) is 17.7 Å². The molecule has 6 nitrogen and oxygen atoms in total. The van der Waals surface area contributed by atoms with Crippen molar-refractivity contribution in [1.29, 1.82) is 0 Å². The van der Waals surface area contributed by atoms with Gasteiger partial charge in [0.2, 0.25) is 5.82 Å². The van der Waals surface area contributed by atoms with E-state index in [1.165, 1.54) is 17.9 Å². The van der Waals surface area contributed by atoms with Crippen molar-refractivity contribution in [2.45, 2.75) is 0 Å². The molecule has 0 N–H and O–H groups in total. The Morgan fingerprint density at radius 2 is 2.15 bits per heavy atom. The summed E-state index contributed by atoms with van der Waals surface area (Å²) in [6, 6.07) is 5.06. The maximum atomic E-state index is 12.3. The summed E-state index contributed by atoms with van der Waals surface area (Å²) in [6.07, 6.45) is 1.45. The molecule has 0 saturated heterocycles. The van der Waals surface area contributed by atoms with Crippen molar-refractivity contribution >= 4 is 34.1 Å². The third-order valence-corrected chi connectivity index (χ3v) is 3.52. The highest BCUT2D eigenvalue weighted by Crippen LogP contribution is 2.22. The molecule has 3 rings (SSSR count). The van der Waals surface area contributed by atoms with E-state index in [1.807, 2.05) is 0 Å². The van der Waals surface area contributed by atoms with Crippen LogP contribution in [-0.4, -0.2) is 27.0 Å². The number of halogens is 1. The average molecular weight is 292 g/mol. The first kappa shape index (κ1) is 12.7. The average Bonchev–Trinajstić information content (AvgIpc) is 2.88. The minimum atomic E-state index is -0.579. The van der Waals surface area contributed by atoms with Crippen molar-refractivity contribution in [3.05, 3.63) is 45.6 Å². The number of aromatic nitrogens is 3. The van der Waals surface area contributed by atoms with Crippen LogP contribution in [0.15, 0.2) is 29.2 Å². The van der Waals surface area contributed by atoms with Crippen LogP contribution >= 0.6 is 11.6 Å². The molecule has 0 aliphatic heterocycles. The second kappa shape index (κ2) is 4.35.